The summed E-state index contributed by atoms with van der Waals surface area (Å²) in [7, 11) is 0. The molecule has 0 saturated heterocycles. The van der Waals surface area contributed by atoms with E-state index < -0.39 is 17.6 Å². The second kappa shape index (κ2) is 7.88. The number of benzene rings is 1. The lowest BCUT2D eigenvalue weighted by molar-refractivity contribution is -0.137. The molecule has 0 aromatic heterocycles. The van der Waals surface area contributed by atoms with Crippen molar-refractivity contribution in [3.8, 4) is 0 Å². The maximum absolute atomic E-state index is 13.2. The molecule has 1 nitrogen and oxygen atoms in total. The summed E-state index contributed by atoms with van der Waals surface area (Å²) in [5.41, 5.74) is -0.629. The highest BCUT2D eigenvalue weighted by Crippen LogP contribution is 2.30. The smallest absolute Gasteiger partial charge is 0.310 e. The highest BCUT2D eigenvalue weighted by molar-refractivity contribution is 7.99. The molecule has 0 amide bonds. The summed E-state index contributed by atoms with van der Waals surface area (Å²) >= 11 is 1.82. The lowest BCUT2D eigenvalue weighted by Gasteiger charge is -2.14. The van der Waals surface area contributed by atoms with E-state index in [-0.39, 0.29) is 12.6 Å². The van der Waals surface area contributed by atoms with Crippen LogP contribution in [0.3, 0.4) is 0 Å². The molecule has 0 aliphatic rings. The third-order valence-corrected chi connectivity index (χ3v) is 3.77. The van der Waals surface area contributed by atoms with E-state index in [1.54, 1.807) is 0 Å². The average molecular weight is 309 g/mol. The van der Waals surface area contributed by atoms with Crippen LogP contribution in [-0.4, -0.2) is 17.5 Å². The van der Waals surface area contributed by atoms with E-state index in [2.05, 4.69) is 12.2 Å². The molecular formula is C14H19F4NS. The van der Waals surface area contributed by atoms with Gasteiger partial charge in [-0.15, -0.1) is 0 Å². The van der Waals surface area contributed by atoms with Gasteiger partial charge in [0.1, 0.15) is 5.82 Å². The van der Waals surface area contributed by atoms with Crippen molar-refractivity contribution >= 4 is 11.8 Å². The fraction of sp³-hybridized carbons (Fsp3) is 0.571. The summed E-state index contributed by atoms with van der Waals surface area (Å²) in [5, 5.41) is 3.12. The van der Waals surface area contributed by atoms with E-state index in [0.29, 0.717) is 11.6 Å². The van der Waals surface area contributed by atoms with Gasteiger partial charge in [0.15, 0.2) is 0 Å². The van der Waals surface area contributed by atoms with Gasteiger partial charge in [-0.2, -0.15) is 24.9 Å². The number of nitrogens with one attached hydrogen (secondary N) is 1. The minimum Gasteiger partial charge on any atom is -0.310 e. The second-order valence-electron chi connectivity index (χ2n) is 4.61. The third-order valence-electron chi connectivity index (χ3n) is 2.84. The summed E-state index contributed by atoms with van der Waals surface area (Å²) in [5.74, 6) is 1.19. The number of halogens is 4. The molecule has 0 saturated carbocycles. The lowest BCUT2D eigenvalue weighted by atomic mass is 10.1. The molecule has 1 N–H and O–H groups in total. The van der Waals surface area contributed by atoms with Crippen LogP contribution in [0.5, 0.6) is 0 Å². The SMILES string of the molecule is CCSCCC(C)NCc1cc(F)cc(C(F)(F)F)c1. The lowest BCUT2D eigenvalue weighted by Crippen LogP contribution is -2.26. The molecule has 1 atom stereocenters. The van der Waals surface area contributed by atoms with Crippen LogP contribution in [0.4, 0.5) is 17.6 Å². The molecule has 114 valence electrons. The molecule has 0 spiro atoms. The molecule has 1 rings (SSSR count). The second-order valence-corrected chi connectivity index (χ2v) is 6.01. The quantitative estimate of drug-likeness (QED) is 0.589. The van der Waals surface area contributed by atoms with Gasteiger partial charge in [0, 0.05) is 12.6 Å². The summed E-state index contributed by atoms with van der Waals surface area (Å²) in [6.45, 7) is 4.28. The van der Waals surface area contributed by atoms with Crippen molar-refractivity contribution in [1.82, 2.24) is 5.32 Å². The van der Waals surface area contributed by atoms with Crippen LogP contribution in [0.25, 0.3) is 0 Å². The molecule has 0 fully saturated rings. The molecule has 0 aliphatic heterocycles. The molecule has 0 bridgehead atoms. The van der Waals surface area contributed by atoms with Crippen LogP contribution in [0, 0.1) is 5.82 Å². The average Bonchev–Trinajstić information content (AvgIpc) is 2.35. The van der Waals surface area contributed by atoms with Gasteiger partial charge < -0.3 is 5.32 Å². The van der Waals surface area contributed by atoms with Gasteiger partial charge in [0.25, 0.3) is 0 Å². The van der Waals surface area contributed by atoms with Crippen molar-refractivity contribution in [2.24, 2.45) is 0 Å². The van der Waals surface area contributed by atoms with Gasteiger partial charge in [-0.3, -0.25) is 0 Å². The third kappa shape index (κ3) is 6.13. The first-order valence-electron chi connectivity index (χ1n) is 6.50. The fourth-order valence-corrected chi connectivity index (χ4v) is 2.52. The first kappa shape index (κ1) is 17.3. The van der Waals surface area contributed by atoms with Crippen molar-refractivity contribution in [3.05, 3.63) is 35.1 Å². The van der Waals surface area contributed by atoms with Gasteiger partial charge in [-0.1, -0.05) is 6.92 Å². The number of thioether (sulfide) groups is 1. The number of rotatable bonds is 7. The van der Waals surface area contributed by atoms with Crippen molar-refractivity contribution in [1.29, 1.82) is 0 Å². The van der Waals surface area contributed by atoms with Crippen LogP contribution < -0.4 is 5.32 Å². The minimum absolute atomic E-state index is 0.187. The molecule has 6 heteroatoms. The zero-order valence-corrected chi connectivity index (χ0v) is 12.4. The molecule has 0 aliphatic carbocycles. The van der Waals surface area contributed by atoms with Crippen LogP contribution in [0.2, 0.25) is 0 Å². The summed E-state index contributed by atoms with van der Waals surface area (Å²) in [4.78, 5) is 0. The first-order chi connectivity index (χ1) is 9.32. The van der Waals surface area contributed by atoms with E-state index in [1.165, 1.54) is 0 Å². The van der Waals surface area contributed by atoms with Crippen LogP contribution in [0.15, 0.2) is 18.2 Å². The van der Waals surface area contributed by atoms with E-state index in [0.717, 1.165) is 30.1 Å². The molecular weight excluding hydrogens is 290 g/mol. The summed E-state index contributed by atoms with van der Waals surface area (Å²) < 4.78 is 50.9. The van der Waals surface area contributed by atoms with Gasteiger partial charge >= 0.3 is 6.18 Å². The van der Waals surface area contributed by atoms with Crippen LogP contribution in [-0.2, 0) is 12.7 Å². The van der Waals surface area contributed by atoms with Gasteiger partial charge in [-0.05, 0) is 48.6 Å². The Hall–Kier alpha value is -0.750. The molecule has 20 heavy (non-hydrogen) atoms. The van der Waals surface area contributed by atoms with E-state index in [4.69, 9.17) is 0 Å². The topological polar surface area (TPSA) is 12.0 Å². The zero-order chi connectivity index (χ0) is 15.2. The van der Waals surface area contributed by atoms with E-state index in [9.17, 15) is 17.6 Å². The largest absolute Gasteiger partial charge is 0.416 e. The Morgan fingerprint density at radius 1 is 1.25 bits per heavy atom. The zero-order valence-electron chi connectivity index (χ0n) is 11.6. The Morgan fingerprint density at radius 2 is 1.95 bits per heavy atom. The molecule has 1 unspecified atom stereocenters. The predicted octanol–water partition coefficient (Wildman–Crippen LogP) is 4.47. The monoisotopic (exact) mass is 309 g/mol. The standard InChI is InChI=1S/C14H19F4NS/c1-3-20-5-4-10(2)19-9-11-6-12(14(16,17)18)8-13(15)7-11/h6-8,10,19H,3-5,9H2,1-2H3. The molecule has 1 aromatic rings. The number of hydrogen-bond donors (Lipinski definition) is 1. The maximum Gasteiger partial charge on any atom is 0.416 e. The van der Waals surface area contributed by atoms with Crippen LogP contribution in [0.1, 0.15) is 31.4 Å². The Labute approximate surface area is 121 Å². The van der Waals surface area contributed by atoms with Crippen molar-refractivity contribution < 1.29 is 17.6 Å². The fourth-order valence-electron chi connectivity index (χ4n) is 1.71. The Morgan fingerprint density at radius 3 is 2.55 bits per heavy atom. The summed E-state index contributed by atoms with van der Waals surface area (Å²) in [6.07, 6.45) is -3.58. The van der Waals surface area contributed by atoms with Crippen molar-refractivity contribution in [2.75, 3.05) is 11.5 Å². The predicted molar refractivity (Wildman–Crippen MR) is 75.3 cm³/mol. The Bertz CT molecular complexity index is 420. The minimum atomic E-state index is -4.51. The van der Waals surface area contributed by atoms with Crippen molar-refractivity contribution in [2.45, 2.75) is 39.0 Å². The Kier molecular flexibility index (Phi) is 6.82. The molecule has 0 heterocycles. The molecule has 0 radical (unpaired) electrons. The van der Waals surface area contributed by atoms with Crippen LogP contribution >= 0.6 is 11.8 Å². The van der Waals surface area contributed by atoms with Gasteiger partial charge in [-0.25, -0.2) is 4.39 Å². The normalized spacial score (nSPS) is 13.5. The maximum atomic E-state index is 13.2. The number of alkyl halides is 3. The van der Waals surface area contributed by atoms with E-state index >= 15 is 0 Å². The first-order valence-corrected chi connectivity index (χ1v) is 7.66. The Balaban J connectivity index is 2.57. The highest BCUT2D eigenvalue weighted by atomic mass is 32.2. The van der Waals surface area contributed by atoms with Gasteiger partial charge in [0.05, 0.1) is 5.56 Å². The highest BCUT2D eigenvalue weighted by Gasteiger charge is 2.31. The molecule has 1 aromatic carbocycles. The number of hydrogen-bond acceptors (Lipinski definition) is 2. The van der Waals surface area contributed by atoms with E-state index in [1.807, 2.05) is 18.7 Å². The van der Waals surface area contributed by atoms with Gasteiger partial charge in [0.2, 0.25) is 0 Å². The van der Waals surface area contributed by atoms with Crippen molar-refractivity contribution in [3.63, 3.8) is 0 Å². The summed E-state index contributed by atoms with van der Waals surface area (Å²) in [6, 6.07) is 2.83.